The molecular weight excluding hydrogens is 264 g/mol. The van der Waals surface area contributed by atoms with E-state index in [4.69, 9.17) is 10.00 Å². The lowest BCUT2D eigenvalue weighted by Crippen LogP contribution is -2.07. The zero-order chi connectivity index (χ0) is 14.4. The molecule has 0 bridgehead atoms. The molecular formula is C13H14N2O3S. The van der Waals surface area contributed by atoms with Gasteiger partial charge in [-0.05, 0) is 32.4 Å². The van der Waals surface area contributed by atoms with Crippen LogP contribution in [0.25, 0.3) is 0 Å². The van der Waals surface area contributed by atoms with Gasteiger partial charge in [0.1, 0.15) is 15.9 Å². The Morgan fingerprint density at radius 2 is 2.21 bits per heavy atom. The molecule has 0 aliphatic heterocycles. The van der Waals surface area contributed by atoms with Crippen molar-refractivity contribution in [3.8, 4) is 6.07 Å². The summed E-state index contributed by atoms with van der Waals surface area (Å²) in [5.41, 5.74) is 0.827. The molecule has 0 atom stereocenters. The highest BCUT2D eigenvalue weighted by atomic mass is 32.1. The fourth-order valence-corrected chi connectivity index (χ4v) is 2.49. The zero-order valence-electron chi connectivity index (χ0n) is 10.9. The van der Waals surface area contributed by atoms with Crippen molar-refractivity contribution < 1.29 is 14.3 Å². The number of rotatable bonds is 4. The minimum atomic E-state index is -0.479. The van der Waals surface area contributed by atoms with Crippen LogP contribution in [0.5, 0.6) is 0 Å². The third-order valence-electron chi connectivity index (χ3n) is 2.27. The Labute approximate surface area is 115 Å². The van der Waals surface area contributed by atoms with E-state index < -0.39 is 5.97 Å². The molecule has 0 fully saturated rings. The number of nitrogens with zero attached hydrogens (tertiary/aromatic N) is 1. The number of nitrogens with one attached hydrogen (secondary N) is 1. The molecule has 0 aromatic carbocycles. The number of hydrogen-bond acceptors (Lipinski definition) is 5. The molecule has 0 unspecified atom stereocenters. The maximum Gasteiger partial charge on any atom is 0.348 e. The summed E-state index contributed by atoms with van der Waals surface area (Å²) >= 11 is 1.05. The highest BCUT2D eigenvalue weighted by Gasteiger charge is 2.21. The number of nitriles is 1. The molecule has 1 aromatic rings. The molecule has 1 aromatic heterocycles. The molecule has 1 heterocycles. The van der Waals surface area contributed by atoms with Gasteiger partial charge in [-0.15, -0.1) is 11.3 Å². The van der Waals surface area contributed by atoms with Crippen molar-refractivity contribution in [2.75, 3.05) is 11.9 Å². The van der Waals surface area contributed by atoms with E-state index in [1.54, 1.807) is 26.8 Å². The molecule has 5 nitrogen and oxygen atoms in total. The first-order chi connectivity index (χ1) is 9.04. The van der Waals surface area contributed by atoms with Gasteiger partial charge < -0.3 is 10.1 Å². The minimum absolute atomic E-state index is 0.262. The van der Waals surface area contributed by atoms with Gasteiger partial charge in [0.2, 0.25) is 5.91 Å². The summed E-state index contributed by atoms with van der Waals surface area (Å²) in [7, 11) is 0. The Bertz CT molecular complexity index is 567. The van der Waals surface area contributed by atoms with Gasteiger partial charge in [-0.1, -0.05) is 6.08 Å². The Hall–Kier alpha value is -2.13. The first-order valence-electron chi connectivity index (χ1n) is 5.69. The van der Waals surface area contributed by atoms with Crippen LogP contribution in [-0.2, 0) is 9.53 Å². The van der Waals surface area contributed by atoms with Crippen LogP contribution in [0.2, 0.25) is 0 Å². The summed E-state index contributed by atoms with van der Waals surface area (Å²) in [4.78, 5) is 23.5. The zero-order valence-corrected chi connectivity index (χ0v) is 11.8. The summed E-state index contributed by atoms with van der Waals surface area (Å²) < 4.78 is 4.91. The maximum absolute atomic E-state index is 11.7. The highest BCUT2D eigenvalue weighted by Crippen LogP contribution is 2.32. The summed E-state index contributed by atoms with van der Waals surface area (Å²) in [5.74, 6) is -0.816. The Kier molecular flexibility index (Phi) is 5.27. The largest absolute Gasteiger partial charge is 0.462 e. The second kappa shape index (κ2) is 6.71. The third-order valence-corrected chi connectivity index (χ3v) is 3.46. The van der Waals surface area contributed by atoms with Crippen LogP contribution in [0.15, 0.2) is 12.2 Å². The van der Waals surface area contributed by atoms with Gasteiger partial charge in [0.15, 0.2) is 0 Å². The van der Waals surface area contributed by atoms with Crippen LogP contribution < -0.4 is 5.32 Å². The van der Waals surface area contributed by atoms with Crippen molar-refractivity contribution in [2.24, 2.45) is 0 Å². The minimum Gasteiger partial charge on any atom is -0.462 e. The first kappa shape index (κ1) is 14.9. The van der Waals surface area contributed by atoms with Crippen molar-refractivity contribution in [1.82, 2.24) is 0 Å². The van der Waals surface area contributed by atoms with Crippen LogP contribution >= 0.6 is 11.3 Å². The molecule has 100 valence electrons. The molecule has 0 spiro atoms. The molecule has 0 radical (unpaired) electrons. The Balaban J connectivity index is 3.13. The lowest BCUT2D eigenvalue weighted by molar-refractivity contribution is -0.111. The van der Waals surface area contributed by atoms with E-state index in [2.05, 4.69) is 5.32 Å². The molecule has 0 saturated carbocycles. The van der Waals surface area contributed by atoms with Crippen LogP contribution in [-0.4, -0.2) is 18.5 Å². The number of allylic oxidation sites excluding steroid dienone is 1. The van der Waals surface area contributed by atoms with Gasteiger partial charge in [0.25, 0.3) is 0 Å². The molecule has 19 heavy (non-hydrogen) atoms. The molecule has 1 N–H and O–H groups in total. The van der Waals surface area contributed by atoms with Gasteiger partial charge in [-0.25, -0.2) is 4.79 Å². The second-order valence-corrected chi connectivity index (χ2v) is 4.60. The van der Waals surface area contributed by atoms with Crippen LogP contribution in [0.4, 0.5) is 5.00 Å². The number of thiophene rings is 1. The van der Waals surface area contributed by atoms with E-state index in [1.165, 1.54) is 6.08 Å². The van der Waals surface area contributed by atoms with Crippen LogP contribution in [0.3, 0.4) is 0 Å². The number of carbonyl (C=O) groups is 2. The molecule has 0 saturated heterocycles. The number of anilines is 1. The predicted molar refractivity (Wildman–Crippen MR) is 73.2 cm³/mol. The lowest BCUT2D eigenvalue weighted by Gasteiger charge is -1.98. The fourth-order valence-electron chi connectivity index (χ4n) is 1.43. The SMILES string of the molecule is CC=CC(=O)Nc1sc(C(=O)OCC)c(C)c1C#N. The number of amides is 1. The Morgan fingerprint density at radius 3 is 2.74 bits per heavy atom. The highest BCUT2D eigenvalue weighted by molar-refractivity contribution is 7.18. The fraction of sp³-hybridized carbons (Fsp3) is 0.308. The average Bonchev–Trinajstić information content (AvgIpc) is 2.66. The maximum atomic E-state index is 11.7. The lowest BCUT2D eigenvalue weighted by atomic mass is 10.2. The molecule has 0 aliphatic rings. The molecule has 0 aliphatic carbocycles. The van der Waals surface area contributed by atoms with Gasteiger partial charge in [0.05, 0.1) is 12.2 Å². The summed E-state index contributed by atoms with van der Waals surface area (Å²) in [6.45, 7) is 5.35. The molecule has 1 rings (SSSR count). The van der Waals surface area contributed by atoms with Crippen molar-refractivity contribution in [3.63, 3.8) is 0 Å². The summed E-state index contributed by atoms with van der Waals surface area (Å²) in [6, 6.07) is 1.99. The van der Waals surface area contributed by atoms with Gasteiger partial charge in [-0.2, -0.15) is 5.26 Å². The first-order valence-corrected chi connectivity index (χ1v) is 6.51. The molecule has 6 heteroatoms. The van der Waals surface area contributed by atoms with E-state index in [0.29, 0.717) is 21.0 Å². The number of carbonyl (C=O) groups excluding carboxylic acids is 2. The predicted octanol–water partition coefficient (Wildman–Crippen LogP) is 2.62. The topological polar surface area (TPSA) is 79.2 Å². The second-order valence-electron chi connectivity index (χ2n) is 3.58. The smallest absolute Gasteiger partial charge is 0.348 e. The summed E-state index contributed by atoms with van der Waals surface area (Å²) in [6.07, 6.45) is 2.94. The van der Waals surface area contributed by atoms with Crippen LogP contribution in [0, 0.1) is 18.3 Å². The number of hydrogen-bond donors (Lipinski definition) is 1. The van der Waals surface area contributed by atoms with E-state index in [0.717, 1.165) is 11.3 Å². The van der Waals surface area contributed by atoms with E-state index in [-0.39, 0.29) is 12.5 Å². The third kappa shape index (κ3) is 3.42. The van der Waals surface area contributed by atoms with E-state index in [1.807, 2.05) is 6.07 Å². The van der Waals surface area contributed by atoms with Crippen molar-refractivity contribution >= 4 is 28.2 Å². The van der Waals surface area contributed by atoms with E-state index >= 15 is 0 Å². The Morgan fingerprint density at radius 1 is 1.53 bits per heavy atom. The monoisotopic (exact) mass is 278 g/mol. The van der Waals surface area contributed by atoms with Gasteiger partial charge in [0, 0.05) is 0 Å². The van der Waals surface area contributed by atoms with E-state index in [9.17, 15) is 9.59 Å². The van der Waals surface area contributed by atoms with Crippen LogP contribution in [0.1, 0.15) is 34.6 Å². The number of esters is 1. The van der Waals surface area contributed by atoms with Crippen molar-refractivity contribution in [3.05, 3.63) is 28.2 Å². The summed E-state index contributed by atoms with van der Waals surface area (Å²) in [5, 5.41) is 12.1. The quantitative estimate of drug-likeness (QED) is 0.678. The van der Waals surface area contributed by atoms with Gasteiger partial charge >= 0.3 is 5.97 Å². The van der Waals surface area contributed by atoms with Crippen molar-refractivity contribution in [1.29, 1.82) is 5.26 Å². The number of ether oxygens (including phenoxy) is 1. The van der Waals surface area contributed by atoms with Gasteiger partial charge in [-0.3, -0.25) is 4.79 Å². The normalized spacial score (nSPS) is 10.2. The molecule has 1 amide bonds. The standard InChI is InChI=1S/C13H14N2O3S/c1-4-6-10(16)15-12-9(7-14)8(3)11(19-12)13(17)18-5-2/h4,6H,5H2,1-3H3,(H,15,16). The van der Waals surface area contributed by atoms with Crippen molar-refractivity contribution in [2.45, 2.75) is 20.8 Å². The average molecular weight is 278 g/mol.